The standard InChI is InChI=1S/C16H25N3S2/c1-5-12(2)15-14(11-17-3)21-16(18-15)19(4)9-8-13-7-6-10-20-13/h6-7,10,12,17H,5,8-9,11H2,1-4H3. The molecule has 2 rings (SSSR count). The average Bonchev–Trinajstić information content (AvgIpc) is 3.14. The molecule has 0 saturated heterocycles. The molecule has 21 heavy (non-hydrogen) atoms. The number of likely N-dealkylation sites (N-methyl/N-ethyl adjacent to an activating group) is 1. The monoisotopic (exact) mass is 323 g/mol. The van der Waals surface area contributed by atoms with Crippen LogP contribution in [0.2, 0.25) is 0 Å². The molecule has 0 radical (unpaired) electrons. The number of aromatic nitrogens is 1. The van der Waals surface area contributed by atoms with Gasteiger partial charge in [0.25, 0.3) is 0 Å². The molecule has 0 spiro atoms. The van der Waals surface area contributed by atoms with Crippen LogP contribution in [-0.4, -0.2) is 25.6 Å². The van der Waals surface area contributed by atoms with Crippen molar-refractivity contribution in [2.45, 2.75) is 39.2 Å². The minimum atomic E-state index is 0.532. The molecule has 0 aliphatic heterocycles. The molecule has 5 heteroatoms. The van der Waals surface area contributed by atoms with Crippen molar-refractivity contribution in [1.29, 1.82) is 0 Å². The fourth-order valence-electron chi connectivity index (χ4n) is 2.21. The molecule has 0 aromatic carbocycles. The third-order valence-electron chi connectivity index (χ3n) is 3.73. The van der Waals surface area contributed by atoms with Gasteiger partial charge in [0.2, 0.25) is 0 Å². The van der Waals surface area contributed by atoms with Crippen LogP contribution in [0.4, 0.5) is 5.13 Å². The maximum atomic E-state index is 4.91. The van der Waals surface area contributed by atoms with Gasteiger partial charge in [-0.3, -0.25) is 0 Å². The van der Waals surface area contributed by atoms with Gasteiger partial charge in [-0.1, -0.05) is 19.9 Å². The first kappa shape index (κ1) is 16.5. The second-order valence-electron chi connectivity index (χ2n) is 5.40. The van der Waals surface area contributed by atoms with E-state index in [1.165, 1.54) is 15.4 Å². The summed E-state index contributed by atoms with van der Waals surface area (Å²) in [7, 11) is 4.15. The second kappa shape index (κ2) is 7.92. The molecule has 116 valence electrons. The summed E-state index contributed by atoms with van der Waals surface area (Å²) in [6, 6.07) is 4.33. The van der Waals surface area contributed by atoms with Gasteiger partial charge in [0.15, 0.2) is 5.13 Å². The molecule has 2 heterocycles. The summed E-state index contributed by atoms with van der Waals surface area (Å²) in [6.45, 7) is 6.43. The maximum Gasteiger partial charge on any atom is 0.185 e. The topological polar surface area (TPSA) is 28.2 Å². The van der Waals surface area contributed by atoms with Crippen LogP contribution in [-0.2, 0) is 13.0 Å². The first-order chi connectivity index (χ1) is 10.2. The molecule has 1 unspecified atom stereocenters. The molecule has 3 nitrogen and oxygen atoms in total. The van der Waals surface area contributed by atoms with E-state index in [9.17, 15) is 0 Å². The summed E-state index contributed by atoms with van der Waals surface area (Å²) < 4.78 is 0. The summed E-state index contributed by atoms with van der Waals surface area (Å²) in [5, 5.41) is 6.55. The quantitative estimate of drug-likeness (QED) is 0.792. The van der Waals surface area contributed by atoms with Gasteiger partial charge in [0, 0.05) is 29.9 Å². The van der Waals surface area contributed by atoms with E-state index in [4.69, 9.17) is 4.98 Å². The third-order valence-corrected chi connectivity index (χ3v) is 5.85. The van der Waals surface area contributed by atoms with Crippen LogP contribution < -0.4 is 10.2 Å². The maximum absolute atomic E-state index is 4.91. The first-order valence-electron chi connectivity index (χ1n) is 7.53. The number of thiazole rings is 1. The van der Waals surface area contributed by atoms with Crippen molar-refractivity contribution in [1.82, 2.24) is 10.3 Å². The minimum absolute atomic E-state index is 0.532. The normalized spacial score (nSPS) is 12.6. The van der Waals surface area contributed by atoms with Gasteiger partial charge in [-0.05, 0) is 37.3 Å². The Morgan fingerprint density at radius 3 is 2.86 bits per heavy atom. The Bertz CT molecular complexity index is 534. The van der Waals surface area contributed by atoms with Crippen molar-refractivity contribution in [3.8, 4) is 0 Å². The fourth-order valence-corrected chi connectivity index (χ4v) is 4.09. The lowest BCUT2D eigenvalue weighted by atomic mass is 10.0. The Morgan fingerprint density at radius 2 is 2.24 bits per heavy atom. The highest BCUT2D eigenvalue weighted by Gasteiger charge is 2.17. The third kappa shape index (κ3) is 4.28. The van der Waals surface area contributed by atoms with Crippen molar-refractivity contribution in [3.05, 3.63) is 33.0 Å². The Kier molecular flexibility index (Phi) is 6.21. The smallest absolute Gasteiger partial charge is 0.185 e. The van der Waals surface area contributed by atoms with Gasteiger partial charge in [-0.25, -0.2) is 4.98 Å². The van der Waals surface area contributed by atoms with Crippen LogP contribution in [0.15, 0.2) is 17.5 Å². The Balaban J connectivity index is 2.07. The van der Waals surface area contributed by atoms with Crippen molar-refractivity contribution in [2.75, 3.05) is 25.5 Å². The Hall–Kier alpha value is -0.910. The van der Waals surface area contributed by atoms with Gasteiger partial charge < -0.3 is 10.2 Å². The number of rotatable bonds is 8. The van der Waals surface area contributed by atoms with Gasteiger partial charge in [0.05, 0.1) is 5.69 Å². The van der Waals surface area contributed by atoms with Crippen molar-refractivity contribution >= 4 is 27.8 Å². The number of hydrogen-bond acceptors (Lipinski definition) is 5. The van der Waals surface area contributed by atoms with Crippen LogP contribution in [0.25, 0.3) is 0 Å². The number of thiophene rings is 1. The number of hydrogen-bond donors (Lipinski definition) is 1. The van der Waals surface area contributed by atoms with E-state index in [0.717, 1.165) is 31.1 Å². The summed E-state index contributed by atoms with van der Waals surface area (Å²) in [4.78, 5) is 10.0. The summed E-state index contributed by atoms with van der Waals surface area (Å²) in [5.74, 6) is 0.532. The molecule has 2 aromatic heterocycles. The molecule has 0 fully saturated rings. The molecule has 1 N–H and O–H groups in total. The molecule has 0 aliphatic carbocycles. The fraction of sp³-hybridized carbons (Fsp3) is 0.562. The van der Waals surface area contributed by atoms with E-state index >= 15 is 0 Å². The van der Waals surface area contributed by atoms with Crippen molar-refractivity contribution < 1.29 is 0 Å². The van der Waals surface area contributed by atoms with E-state index in [-0.39, 0.29) is 0 Å². The second-order valence-corrected chi connectivity index (χ2v) is 7.49. The van der Waals surface area contributed by atoms with Gasteiger partial charge in [-0.2, -0.15) is 0 Å². The van der Waals surface area contributed by atoms with Gasteiger partial charge in [-0.15, -0.1) is 22.7 Å². The molecule has 0 bridgehead atoms. The Labute approximate surface area is 136 Å². The molecular weight excluding hydrogens is 298 g/mol. The lowest BCUT2D eigenvalue weighted by Gasteiger charge is -2.15. The highest BCUT2D eigenvalue weighted by molar-refractivity contribution is 7.15. The zero-order chi connectivity index (χ0) is 15.2. The first-order valence-corrected chi connectivity index (χ1v) is 9.23. The average molecular weight is 324 g/mol. The zero-order valence-electron chi connectivity index (χ0n) is 13.3. The van der Waals surface area contributed by atoms with Gasteiger partial charge >= 0.3 is 0 Å². The van der Waals surface area contributed by atoms with Crippen LogP contribution in [0.3, 0.4) is 0 Å². The predicted molar refractivity (Wildman–Crippen MR) is 94.9 cm³/mol. The molecule has 0 saturated carbocycles. The molecule has 1 atom stereocenters. The molecule has 0 amide bonds. The number of anilines is 1. The van der Waals surface area contributed by atoms with Crippen LogP contribution in [0, 0.1) is 0 Å². The minimum Gasteiger partial charge on any atom is -0.351 e. The van der Waals surface area contributed by atoms with E-state index in [0.29, 0.717) is 5.92 Å². The Morgan fingerprint density at radius 1 is 1.43 bits per heavy atom. The van der Waals surface area contributed by atoms with E-state index < -0.39 is 0 Å². The van der Waals surface area contributed by atoms with Crippen LogP contribution in [0.5, 0.6) is 0 Å². The predicted octanol–water partition coefficient (Wildman–Crippen LogP) is 4.12. The number of nitrogens with zero attached hydrogens (tertiary/aromatic N) is 2. The summed E-state index contributed by atoms with van der Waals surface area (Å²) in [6.07, 6.45) is 2.23. The van der Waals surface area contributed by atoms with Gasteiger partial charge in [0.1, 0.15) is 0 Å². The molecule has 0 aliphatic rings. The van der Waals surface area contributed by atoms with Crippen molar-refractivity contribution in [3.63, 3.8) is 0 Å². The lowest BCUT2D eigenvalue weighted by Crippen LogP contribution is -2.19. The summed E-state index contributed by atoms with van der Waals surface area (Å²) in [5.41, 5.74) is 1.27. The van der Waals surface area contributed by atoms with Crippen LogP contribution in [0.1, 0.15) is 41.6 Å². The molecule has 2 aromatic rings. The highest BCUT2D eigenvalue weighted by atomic mass is 32.1. The van der Waals surface area contributed by atoms with E-state index in [1.807, 2.05) is 29.7 Å². The van der Waals surface area contributed by atoms with Crippen LogP contribution >= 0.6 is 22.7 Å². The summed E-state index contributed by atoms with van der Waals surface area (Å²) >= 11 is 3.66. The SMILES string of the molecule is CCC(C)c1nc(N(C)CCc2cccs2)sc1CNC. The van der Waals surface area contributed by atoms with Crippen molar-refractivity contribution in [2.24, 2.45) is 0 Å². The highest BCUT2D eigenvalue weighted by Crippen LogP contribution is 2.31. The lowest BCUT2D eigenvalue weighted by molar-refractivity contribution is 0.692. The van der Waals surface area contributed by atoms with E-state index in [2.05, 4.69) is 48.6 Å². The van der Waals surface area contributed by atoms with E-state index in [1.54, 1.807) is 0 Å². The zero-order valence-corrected chi connectivity index (χ0v) is 15.0. The largest absolute Gasteiger partial charge is 0.351 e. The molecular formula is C16H25N3S2. The number of nitrogens with one attached hydrogen (secondary N) is 1.